The van der Waals surface area contributed by atoms with Crippen molar-refractivity contribution in [1.29, 1.82) is 0 Å². The van der Waals surface area contributed by atoms with Gasteiger partial charge in [-0.1, -0.05) is 20.8 Å². The van der Waals surface area contributed by atoms with Crippen molar-refractivity contribution in [2.24, 2.45) is 5.41 Å². The zero-order valence-electron chi connectivity index (χ0n) is 9.27. The molecule has 0 spiro atoms. The molecule has 13 heavy (non-hydrogen) atoms. The predicted molar refractivity (Wildman–Crippen MR) is 53.4 cm³/mol. The molecule has 0 aliphatic heterocycles. The highest BCUT2D eigenvalue weighted by molar-refractivity contribution is 5.81. The highest BCUT2D eigenvalue weighted by Crippen LogP contribution is 2.19. The van der Waals surface area contributed by atoms with E-state index in [-0.39, 0.29) is 11.3 Å². The Bertz CT molecular complexity index is 180. The SMILES string of the molecule is CCC(C)(C)C(=O)NCC(C)(C)O. The van der Waals surface area contributed by atoms with Crippen molar-refractivity contribution in [3.8, 4) is 0 Å². The molecule has 0 heterocycles. The standard InChI is InChI=1S/C10H21NO2/c1-6-9(2,3)8(12)11-7-10(4,5)13/h13H,6-7H2,1-5H3,(H,11,12). The Morgan fingerprint density at radius 1 is 1.31 bits per heavy atom. The van der Waals surface area contributed by atoms with Gasteiger partial charge in [-0.15, -0.1) is 0 Å². The molecule has 2 N–H and O–H groups in total. The van der Waals surface area contributed by atoms with E-state index < -0.39 is 5.60 Å². The second-order valence-corrected chi connectivity index (χ2v) is 4.73. The van der Waals surface area contributed by atoms with Crippen molar-refractivity contribution < 1.29 is 9.90 Å². The smallest absolute Gasteiger partial charge is 0.225 e. The monoisotopic (exact) mass is 187 g/mol. The van der Waals surface area contributed by atoms with E-state index >= 15 is 0 Å². The van der Waals surface area contributed by atoms with E-state index in [0.717, 1.165) is 6.42 Å². The first-order valence-corrected chi connectivity index (χ1v) is 4.70. The van der Waals surface area contributed by atoms with Gasteiger partial charge in [-0.25, -0.2) is 0 Å². The third-order valence-corrected chi connectivity index (χ3v) is 2.18. The Balaban J connectivity index is 4.03. The zero-order chi connectivity index (χ0) is 10.7. The van der Waals surface area contributed by atoms with E-state index in [0.29, 0.717) is 6.54 Å². The minimum absolute atomic E-state index is 0.00266. The first-order valence-electron chi connectivity index (χ1n) is 4.70. The van der Waals surface area contributed by atoms with Gasteiger partial charge in [0.2, 0.25) is 5.91 Å². The molecule has 0 saturated carbocycles. The minimum atomic E-state index is -0.834. The van der Waals surface area contributed by atoms with Crippen LogP contribution in [0, 0.1) is 5.41 Å². The van der Waals surface area contributed by atoms with Gasteiger partial charge in [-0.05, 0) is 20.3 Å². The molecular formula is C10H21NO2. The molecule has 0 aromatic carbocycles. The van der Waals surface area contributed by atoms with E-state index in [4.69, 9.17) is 0 Å². The summed E-state index contributed by atoms with van der Waals surface area (Å²) in [5, 5.41) is 12.1. The Kier molecular flexibility index (Phi) is 3.91. The van der Waals surface area contributed by atoms with E-state index in [1.54, 1.807) is 13.8 Å². The summed E-state index contributed by atoms with van der Waals surface area (Å²) in [5.41, 5.74) is -1.18. The maximum atomic E-state index is 11.5. The number of hydrogen-bond acceptors (Lipinski definition) is 2. The Morgan fingerprint density at radius 2 is 1.77 bits per heavy atom. The highest BCUT2D eigenvalue weighted by atomic mass is 16.3. The van der Waals surface area contributed by atoms with Crippen molar-refractivity contribution in [2.75, 3.05) is 6.54 Å². The Hall–Kier alpha value is -0.570. The first-order chi connectivity index (χ1) is 5.69. The Morgan fingerprint density at radius 3 is 2.08 bits per heavy atom. The summed E-state index contributed by atoms with van der Waals surface area (Å²) in [7, 11) is 0. The van der Waals surface area contributed by atoms with Gasteiger partial charge in [-0.2, -0.15) is 0 Å². The summed E-state index contributed by atoms with van der Waals surface area (Å²) in [4.78, 5) is 11.5. The Labute approximate surface area is 80.5 Å². The molecule has 0 aromatic rings. The molecule has 1 amide bonds. The lowest BCUT2D eigenvalue weighted by atomic mass is 9.89. The van der Waals surface area contributed by atoms with Crippen LogP contribution in [0.3, 0.4) is 0 Å². The van der Waals surface area contributed by atoms with Crippen molar-refractivity contribution in [1.82, 2.24) is 5.32 Å². The molecule has 0 rings (SSSR count). The summed E-state index contributed by atoms with van der Waals surface area (Å²) in [6.07, 6.45) is 0.796. The van der Waals surface area contributed by atoms with E-state index in [9.17, 15) is 9.90 Å². The molecule has 78 valence electrons. The van der Waals surface area contributed by atoms with Crippen LogP contribution in [0.15, 0.2) is 0 Å². The number of nitrogens with one attached hydrogen (secondary N) is 1. The maximum absolute atomic E-state index is 11.5. The van der Waals surface area contributed by atoms with Crippen LogP contribution in [0.2, 0.25) is 0 Å². The van der Waals surface area contributed by atoms with Crippen molar-refractivity contribution in [3.05, 3.63) is 0 Å². The molecule has 0 saturated heterocycles. The maximum Gasteiger partial charge on any atom is 0.225 e. The second-order valence-electron chi connectivity index (χ2n) is 4.73. The van der Waals surface area contributed by atoms with Gasteiger partial charge in [0.25, 0.3) is 0 Å². The number of amides is 1. The average Bonchev–Trinajstić information content (AvgIpc) is 1.98. The molecule has 0 unspecified atom stereocenters. The molecule has 3 heteroatoms. The van der Waals surface area contributed by atoms with Crippen LogP contribution >= 0.6 is 0 Å². The van der Waals surface area contributed by atoms with Crippen molar-refractivity contribution in [3.63, 3.8) is 0 Å². The topological polar surface area (TPSA) is 49.3 Å². The van der Waals surface area contributed by atoms with Gasteiger partial charge < -0.3 is 10.4 Å². The molecule has 0 aliphatic rings. The fourth-order valence-electron chi connectivity index (χ4n) is 0.696. The molecule has 0 bridgehead atoms. The first kappa shape index (κ1) is 12.4. The minimum Gasteiger partial charge on any atom is -0.389 e. The van der Waals surface area contributed by atoms with Gasteiger partial charge in [0, 0.05) is 12.0 Å². The lowest BCUT2D eigenvalue weighted by Crippen LogP contribution is -2.43. The largest absolute Gasteiger partial charge is 0.389 e. The van der Waals surface area contributed by atoms with E-state index in [1.807, 2.05) is 20.8 Å². The third kappa shape index (κ3) is 4.88. The average molecular weight is 187 g/mol. The highest BCUT2D eigenvalue weighted by Gasteiger charge is 2.26. The van der Waals surface area contributed by atoms with Crippen LogP contribution in [-0.2, 0) is 4.79 Å². The molecule has 3 nitrogen and oxygen atoms in total. The number of rotatable bonds is 4. The van der Waals surface area contributed by atoms with Crippen LogP contribution in [0.1, 0.15) is 41.0 Å². The third-order valence-electron chi connectivity index (χ3n) is 2.18. The van der Waals surface area contributed by atoms with Crippen LogP contribution in [-0.4, -0.2) is 23.2 Å². The van der Waals surface area contributed by atoms with Crippen molar-refractivity contribution in [2.45, 2.75) is 46.6 Å². The normalized spacial score (nSPS) is 12.8. The molecule has 0 aromatic heterocycles. The van der Waals surface area contributed by atoms with Crippen LogP contribution in [0.25, 0.3) is 0 Å². The zero-order valence-corrected chi connectivity index (χ0v) is 9.27. The van der Waals surface area contributed by atoms with Crippen LogP contribution in [0.4, 0.5) is 0 Å². The van der Waals surface area contributed by atoms with Gasteiger partial charge >= 0.3 is 0 Å². The second kappa shape index (κ2) is 4.09. The summed E-state index contributed by atoms with van der Waals surface area (Å²) >= 11 is 0. The predicted octanol–water partition coefficient (Wildman–Crippen LogP) is 1.31. The van der Waals surface area contributed by atoms with Gasteiger partial charge in [0.15, 0.2) is 0 Å². The molecule has 0 fully saturated rings. The van der Waals surface area contributed by atoms with Crippen LogP contribution < -0.4 is 5.32 Å². The van der Waals surface area contributed by atoms with E-state index in [1.165, 1.54) is 0 Å². The molecule has 0 radical (unpaired) electrons. The fraction of sp³-hybridized carbons (Fsp3) is 0.900. The van der Waals surface area contributed by atoms with Crippen LogP contribution in [0.5, 0.6) is 0 Å². The van der Waals surface area contributed by atoms with Gasteiger partial charge in [-0.3, -0.25) is 4.79 Å². The van der Waals surface area contributed by atoms with Crippen molar-refractivity contribution >= 4 is 5.91 Å². The lowest BCUT2D eigenvalue weighted by molar-refractivity contribution is -0.130. The quantitative estimate of drug-likeness (QED) is 0.697. The molecular weight excluding hydrogens is 166 g/mol. The number of hydrogen-bond donors (Lipinski definition) is 2. The molecule has 0 aliphatic carbocycles. The lowest BCUT2D eigenvalue weighted by Gasteiger charge is -2.24. The van der Waals surface area contributed by atoms with Gasteiger partial charge in [0.05, 0.1) is 5.60 Å². The number of carbonyl (C=O) groups is 1. The summed E-state index contributed by atoms with van der Waals surface area (Å²) < 4.78 is 0. The molecule has 0 atom stereocenters. The van der Waals surface area contributed by atoms with Gasteiger partial charge in [0.1, 0.15) is 0 Å². The number of aliphatic hydroxyl groups is 1. The number of carbonyl (C=O) groups excluding carboxylic acids is 1. The summed E-state index contributed by atoms with van der Waals surface area (Å²) in [6.45, 7) is 9.41. The summed E-state index contributed by atoms with van der Waals surface area (Å²) in [5.74, 6) is -0.00266. The summed E-state index contributed by atoms with van der Waals surface area (Å²) in [6, 6.07) is 0. The fourth-order valence-corrected chi connectivity index (χ4v) is 0.696. The van der Waals surface area contributed by atoms with E-state index in [2.05, 4.69) is 5.32 Å².